The first-order valence-electron chi connectivity index (χ1n) is 5.28. The number of rotatable bonds is 0. The molecule has 1 aliphatic rings. The Bertz CT molecular complexity index is 434. The van der Waals surface area contributed by atoms with Crippen LogP contribution in [0.4, 0.5) is 0 Å². The van der Waals surface area contributed by atoms with Crippen molar-refractivity contribution in [2.45, 2.75) is 41.0 Å². The third-order valence-corrected chi connectivity index (χ3v) is 3.63. The molecule has 0 saturated carbocycles. The first kappa shape index (κ1) is 9.51. The lowest BCUT2D eigenvalue weighted by Gasteiger charge is -2.12. The van der Waals surface area contributed by atoms with E-state index in [0.29, 0.717) is 0 Å². The lowest BCUT2D eigenvalue weighted by atomic mass is 9.93. The van der Waals surface area contributed by atoms with Gasteiger partial charge in [0.25, 0.3) is 0 Å². The summed E-state index contributed by atoms with van der Waals surface area (Å²) in [5, 5.41) is 0. The molecule has 0 heteroatoms. The fourth-order valence-electron chi connectivity index (χ4n) is 2.49. The van der Waals surface area contributed by atoms with Gasteiger partial charge in [-0.15, -0.1) is 0 Å². The van der Waals surface area contributed by atoms with Crippen molar-refractivity contribution in [3.63, 3.8) is 0 Å². The average Bonchev–Trinajstić information content (AvgIpc) is 2.41. The topological polar surface area (TPSA) is 0 Å². The van der Waals surface area contributed by atoms with Crippen LogP contribution in [0.5, 0.6) is 0 Å². The second kappa shape index (κ2) is 2.98. The van der Waals surface area contributed by atoms with Gasteiger partial charge >= 0.3 is 0 Å². The zero-order valence-electron chi connectivity index (χ0n) is 9.78. The molecule has 0 N–H and O–H groups in total. The van der Waals surface area contributed by atoms with Gasteiger partial charge in [-0.1, -0.05) is 11.6 Å². The van der Waals surface area contributed by atoms with Crippen molar-refractivity contribution in [2.24, 2.45) is 0 Å². The van der Waals surface area contributed by atoms with Gasteiger partial charge < -0.3 is 0 Å². The van der Waals surface area contributed by atoms with Crippen LogP contribution in [0, 0.1) is 20.8 Å². The van der Waals surface area contributed by atoms with Crippen molar-refractivity contribution in [3.8, 4) is 0 Å². The highest BCUT2D eigenvalue weighted by molar-refractivity contribution is 5.78. The molecule has 0 atom stereocenters. The molecular formula is C14H18. The van der Waals surface area contributed by atoms with Crippen LogP contribution in [-0.4, -0.2) is 0 Å². The van der Waals surface area contributed by atoms with Gasteiger partial charge in [-0.25, -0.2) is 0 Å². The summed E-state index contributed by atoms with van der Waals surface area (Å²) in [4.78, 5) is 0. The van der Waals surface area contributed by atoms with E-state index in [1.165, 1.54) is 33.4 Å². The summed E-state index contributed by atoms with van der Waals surface area (Å²) in [6.45, 7) is 11.2. The van der Waals surface area contributed by atoms with Gasteiger partial charge in [-0.2, -0.15) is 0 Å². The Labute approximate surface area is 86.7 Å². The fraction of sp³-hybridized carbons (Fsp3) is 0.429. The summed E-state index contributed by atoms with van der Waals surface area (Å²) in [6.07, 6.45) is 1.16. The first-order chi connectivity index (χ1) is 6.52. The van der Waals surface area contributed by atoms with Crippen molar-refractivity contribution < 1.29 is 0 Å². The summed E-state index contributed by atoms with van der Waals surface area (Å²) in [5.74, 6) is 0. The average molecular weight is 186 g/mol. The van der Waals surface area contributed by atoms with Crippen LogP contribution in [0.2, 0.25) is 0 Å². The van der Waals surface area contributed by atoms with Crippen LogP contribution in [0.1, 0.15) is 41.7 Å². The molecule has 0 radical (unpaired) electrons. The maximum absolute atomic E-state index is 2.32. The third kappa shape index (κ3) is 1.13. The molecule has 0 aromatic heterocycles. The second-order valence-electron chi connectivity index (χ2n) is 4.57. The van der Waals surface area contributed by atoms with E-state index in [1.807, 2.05) is 0 Å². The summed E-state index contributed by atoms with van der Waals surface area (Å²) in [6, 6.07) is 2.32. The van der Waals surface area contributed by atoms with Crippen LogP contribution in [0.25, 0.3) is 5.57 Å². The molecule has 1 aromatic carbocycles. The zero-order chi connectivity index (χ0) is 10.5. The molecule has 14 heavy (non-hydrogen) atoms. The van der Waals surface area contributed by atoms with E-state index in [2.05, 4.69) is 40.7 Å². The molecule has 74 valence electrons. The molecule has 0 spiro atoms. The van der Waals surface area contributed by atoms with Crippen molar-refractivity contribution >= 4 is 5.57 Å². The Hall–Kier alpha value is -1.04. The molecule has 0 amide bonds. The monoisotopic (exact) mass is 186 g/mol. The third-order valence-electron chi connectivity index (χ3n) is 3.63. The van der Waals surface area contributed by atoms with Gasteiger partial charge in [0.2, 0.25) is 0 Å². The number of hydrogen-bond donors (Lipinski definition) is 0. The minimum Gasteiger partial charge on any atom is -0.0654 e. The fourth-order valence-corrected chi connectivity index (χ4v) is 2.49. The standard InChI is InChI=1S/C14H18/c1-8-6-10(3)13-7-9(2)12(5)14(13)11(8)4/h6H,7H2,1-5H3. The molecule has 1 aromatic rings. The molecule has 0 nitrogen and oxygen atoms in total. The lowest BCUT2D eigenvalue weighted by molar-refractivity contribution is 1.14. The van der Waals surface area contributed by atoms with Crippen LogP contribution in [0.3, 0.4) is 0 Å². The highest BCUT2D eigenvalue weighted by atomic mass is 14.2. The van der Waals surface area contributed by atoms with Crippen molar-refractivity contribution in [1.82, 2.24) is 0 Å². The van der Waals surface area contributed by atoms with Crippen LogP contribution >= 0.6 is 0 Å². The second-order valence-corrected chi connectivity index (χ2v) is 4.57. The first-order valence-corrected chi connectivity index (χ1v) is 5.28. The number of aryl methyl sites for hydroxylation is 2. The Morgan fingerprint density at radius 3 is 2.21 bits per heavy atom. The number of allylic oxidation sites excluding steroid dienone is 2. The van der Waals surface area contributed by atoms with Gasteiger partial charge in [-0.3, -0.25) is 0 Å². The Balaban J connectivity index is 2.77. The summed E-state index contributed by atoms with van der Waals surface area (Å²) in [5.41, 5.74) is 10.5. The van der Waals surface area contributed by atoms with Crippen molar-refractivity contribution in [1.29, 1.82) is 0 Å². The lowest BCUT2D eigenvalue weighted by Crippen LogP contribution is -1.95. The predicted octanol–water partition coefficient (Wildman–Crippen LogP) is 3.96. The number of fused-ring (bicyclic) bond motifs is 1. The predicted molar refractivity (Wildman–Crippen MR) is 62.6 cm³/mol. The largest absolute Gasteiger partial charge is 0.0654 e. The Morgan fingerprint density at radius 1 is 0.929 bits per heavy atom. The van der Waals surface area contributed by atoms with Gasteiger partial charge in [0.05, 0.1) is 0 Å². The van der Waals surface area contributed by atoms with E-state index < -0.39 is 0 Å². The van der Waals surface area contributed by atoms with Crippen molar-refractivity contribution in [3.05, 3.63) is 39.5 Å². The van der Waals surface area contributed by atoms with Gasteiger partial charge in [0.1, 0.15) is 0 Å². The molecule has 1 aliphatic carbocycles. The normalized spacial score (nSPS) is 14.9. The maximum atomic E-state index is 2.32. The summed E-state index contributed by atoms with van der Waals surface area (Å²) in [7, 11) is 0. The maximum Gasteiger partial charge on any atom is -0.00552 e. The Kier molecular flexibility index (Phi) is 2.02. The number of benzene rings is 1. The van der Waals surface area contributed by atoms with E-state index >= 15 is 0 Å². The molecule has 0 bridgehead atoms. The summed E-state index contributed by atoms with van der Waals surface area (Å²) < 4.78 is 0. The minimum atomic E-state index is 1.16. The van der Waals surface area contributed by atoms with Gasteiger partial charge in [0.15, 0.2) is 0 Å². The summed E-state index contributed by atoms with van der Waals surface area (Å²) >= 11 is 0. The molecular weight excluding hydrogens is 168 g/mol. The highest BCUT2D eigenvalue weighted by Gasteiger charge is 2.20. The van der Waals surface area contributed by atoms with E-state index in [-0.39, 0.29) is 0 Å². The van der Waals surface area contributed by atoms with E-state index in [4.69, 9.17) is 0 Å². The molecule has 0 saturated heterocycles. The quantitative estimate of drug-likeness (QED) is 0.575. The molecule has 0 unspecified atom stereocenters. The molecule has 2 rings (SSSR count). The van der Waals surface area contributed by atoms with E-state index in [0.717, 1.165) is 6.42 Å². The van der Waals surface area contributed by atoms with Gasteiger partial charge in [-0.05, 0) is 74.4 Å². The zero-order valence-corrected chi connectivity index (χ0v) is 9.78. The van der Waals surface area contributed by atoms with Crippen LogP contribution in [0.15, 0.2) is 11.6 Å². The van der Waals surface area contributed by atoms with E-state index in [1.54, 1.807) is 5.56 Å². The van der Waals surface area contributed by atoms with Crippen LogP contribution in [-0.2, 0) is 6.42 Å². The highest BCUT2D eigenvalue weighted by Crippen LogP contribution is 2.37. The van der Waals surface area contributed by atoms with Crippen LogP contribution < -0.4 is 0 Å². The smallest absolute Gasteiger partial charge is 0.00552 e. The van der Waals surface area contributed by atoms with Crippen molar-refractivity contribution in [2.75, 3.05) is 0 Å². The van der Waals surface area contributed by atoms with E-state index in [9.17, 15) is 0 Å². The number of hydrogen-bond acceptors (Lipinski definition) is 0. The molecule has 0 fully saturated rings. The SMILES string of the molecule is CC1=C(C)c2c(C)c(C)cc(C)c2C1. The van der Waals surface area contributed by atoms with Gasteiger partial charge in [0, 0.05) is 0 Å². The molecule has 0 heterocycles. The Morgan fingerprint density at radius 2 is 1.57 bits per heavy atom. The minimum absolute atomic E-state index is 1.16. The molecule has 0 aliphatic heterocycles.